The van der Waals surface area contributed by atoms with Crippen LogP contribution in [0.1, 0.15) is 34.4 Å². The molecule has 0 spiro atoms. The number of hydrogen-bond acceptors (Lipinski definition) is 8. The maximum absolute atomic E-state index is 12.7. The third kappa shape index (κ3) is 4.56. The third-order valence-electron chi connectivity index (χ3n) is 5.44. The molecular formula is C24H26N6O4. The third-order valence-corrected chi connectivity index (χ3v) is 5.44. The van der Waals surface area contributed by atoms with Gasteiger partial charge < -0.3 is 24.9 Å². The number of nitrogens with two attached hydrogens (primary N) is 1. The summed E-state index contributed by atoms with van der Waals surface area (Å²) >= 11 is 0. The zero-order valence-electron chi connectivity index (χ0n) is 19.5. The quantitative estimate of drug-likeness (QED) is 0.405. The van der Waals surface area contributed by atoms with Gasteiger partial charge in [-0.05, 0) is 43.2 Å². The van der Waals surface area contributed by atoms with E-state index < -0.39 is 5.91 Å². The summed E-state index contributed by atoms with van der Waals surface area (Å²) in [5.41, 5.74) is 9.34. The summed E-state index contributed by atoms with van der Waals surface area (Å²) in [6.07, 6.45) is 0.921. The minimum Gasteiger partial charge on any atom is -0.497 e. The van der Waals surface area contributed by atoms with Crippen LogP contribution in [0.25, 0.3) is 11.5 Å². The topological polar surface area (TPSA) is 130 Å². The summed E-state index contributed by atoms with van der Waals surface area (Å²) in [7, 11) is 3.15. The lowest BCUT2D eigenvalue weighted by molar-refractivity contribution is 0.102. The molecule has 10 heteroatoms. The maximum atomic E-state index is 12.7. The molecule has 0 saturated heterocycles. The highest BCUT2D eigenvalue weighted by molar-refractivity contribution is 6.05. The lowest BCUT2D eigenvalue weighted by Gasteiger charge is -2.07. The number of rotatable bonds is 8. The molecule has 2 heterocycles. The molecule has 0 atom stereocenters. The van der Waals surface area contributed by atoms with E-state index in [9.17, 15) is 4.79 Å². The first-order valence-corrected chi connectivity index (χ1v) is 10.7. The number of amides is 1. The molecule has 3 N–H and O–H groups in total. The van der Waals surface area contributed by atoms with Crippen LogP contribution in [0.2, 0.25) is 0 Å². The summed E-state index contributed by atoms with van der Waals surface area (Å²) in [6.45, 7) is 4.05. The molecule has 2 aromatic carbocycles. The van der Waals surface area contributed by atoms with Gasteiger partial charge in [0, 0.05) is 11.8 Å². The fourth-order valence-corrected chi connectivity index (χ4v) is 3.42. The van der Waals surface area contributed by atoms with Gasteiger partial charge in [0.15, 0.2) is 11.5 Å². The zero-order chi connectivity index (χ0) is 24.2. The molecule has 0 unspecified atom stereocenters. The number of nitrogens with zero attached hydrogens (tertiary/aromatic N) is 4. The number of oxazole rings is 1. The number of ether oxygens (including phenoxy) is 2. The molecule has 1 amide bonds. The molecule has 0 fully saturated rings. The second kappa shape index (κ2) is 9.65. The van der Waals surface area contributed by atoms with E-state index in [4.69, 9.17) is 19.6 Å². The van der Waals surface area contributed by atoms with Crippen LogP contribution in [0.3, 0.4) is 0 Å². The van der Waals surface area contributed by atoms with Crippen molar-refractivity contribution in [2.75, 3.05) is 25.3 Å². The average molecular weight is 463 g/mol. The highest BCUT2D eigenvalue weighted by Gasteiger charge is 2.21. The largest absolute Gasteiger partial charge is 0.497 e. The van der Waals surface area contributed by atoms with Crippen LogP contribution in [-0.4, -0.2) is 40.1 Å². The molecule has 0 aliphatic heterocycles. The first-order valence-electron chi connectivity index (χ1n) is 10.7. The van der Waals surface area contributed by atoms with Gasteiger partial charge in [-0.3, -0.25) is 4.79 Å². The van der Waals surface area contributed by atoms with Crippen molar-refractivity contribution in [3.63, 3.8) is 0 Å². The number of aromatic nitrogens is 4. The van der Waals surface area contributed by atoms with Crippen molar-refractivity contribution < 1.29 is 18.7 Å². The van der Waals surface area contributed by atoms with Gasteiger partial charge in [-0.15, -0.1) is 5.10 Å². The monoisotopic (exact) mass is 462 g/mol. The molecule has 0 radical (unpaired) electrons. The van der Waals surface area contributed by atoms with E-state index in [2.05, 4.69) is 27.5 Å². The number of benzene rings is 2. The summed E-state index contributed by atoms with van der Waals surface area (Å²) in [5, 5.41) is 10.8. The molecule has 0 saturated carbocycles. The van der Waals surface area contributed by atoms with Crippen molar-refractivity contribution in [2.45, 2.75) is 26.8 Å². The van der Waals surface area contributed by atoms with Gasteiger partial charge in [0.25, 0.3) is 5.91 Å². The van der Waals surface area contributed by atoms with Crippen molar-refractivity contribution in [3.8, 4) is 23.0 Å². The van der Waals surface area contributed by atoms with E-state index in [1.807, 2.05) is 30.3 Å². The Labute approximate surface area is 196 Å². The number of methoxy groups -OCH3 is 2. The van der Waals surface area contributed by atoms with Crippen molar-refractivity contribution in [1.29, 1.82) is 0 Å². The van der Waals surface area contributed by atoms with Crippen LogP contribution in [0.15, 0.2) is 46.9 Å². The molecule has 0 bridgehead atoms. The van der Waals surface area contributed by atoms with Crippen LogP contribution >= 0.6 is 0 Å². The molecule has 34 heavy (non-hydrogen) atoms. The van der Waals surface area contributed by atoms with E-state index in [1.165, 1.54) is 10.2 Å². The van der Waals surface area contributed by atoms with Crippen molar-refractivity contribution >= 4 is 17.4 Å². The Morgan fingerprint density at radius 1 is 1.15 bits per heavy atom. The van der Waals surface area contributed by atoms with E-state index in [1.54, 1.807) is 33.3 Å². The van der Waals surface area contributed by atoms with Crippen LogP contribution in [-0.2, 0) is 13.0 Å². The summed E-state index contributed by atoms with van der Waals surface area (Å²) in [4.78, 5) is 17.3. The molecule has 0 aliphatic rings. The van der Waals surface area contributed by atoms with Gasteiger partial charge in [0.1, 0.15) is 23.0 Å². The van der Waals surface area contributed by atoms with Gasteiger partial charge in [0.05, 0.1) is 26.3 Å². The molecular weight excluding hydrogens is 436 g/mol. The summed E-state index contributed by atoms with van der Waals surface area (Å²) < 4.78 is 18.0. The van der Waals surface area contributed by atoms with E-state index in [0.717, 1.165) is 6.42 Å². The standard InChI is InChI=1S/C24H26N6O4/c1-5-15-6-8-16(9-7-15)26-23(31)21-22(25)30(29-28-21)13-19-14(2)34-24(27-19)18-11-10-17(32-3)12-20(18)33-4/h6-12H,5,13,25H2,1-4H3,(H,26,31). The van der Waals surface area contributed by atoms with Crippen molar-refractivity contribution in [3.05, 3.63) is 65.2 Å². The van der Waals surface area contributed by atoms with Crippen LogP contribution < -0.4 is 20.5 Å². The second-order valence-corrected chi connectivity index (χ2v) is 7.57. The number of anilines is 2. The number of carbonyl (C=O) groups is 1. The molecule has 4 rings (SSSR count). The number of carbonyl (C=O) groups excluding carboxylic acids is 1. The lowest BCUT2D eigenvalue weighted by atomic mass is 10.1. The summed E-state index contributed by atoms with van der Waals surface area (Å²) in [5.74, 6) is 1.90. The second-order valence-electron chi connectivity index (χ2n) is 7.57. The van der Waals surface area contributed by atoms with E-state index in [-0.39, 0.29) is 18.1 Å². The normalized spacial score (nSPS) is 10.8. The number of nitrogen functional groups attached to an aromatic ring is 1. The van der Waals surface area contributed by atoms with Crippen molar-refractivity contribution in [1.82, 2.24) is 20.0 Å². The van der Waals surface area contributed by atoms with Crippen molar-refractivity contribution in [2.24, 2.45) is 0 Å². The van der Waals surface area contributed by atoms with Crippen LogP contribution in [0.4, 0.5) is 11.5 Å². The Balaban J connectivity index is 1.53. The Bertz CT molecular complexity index is 1310. The fraction of sp³-hybridized carbons (Fsp3) is 0.250. The molecule has 0 aliphatic carbocycles. The number of nitrogens with one attached hydrogen (secondary N) is 1. The lowest BCUT2D eigenvalue weighted by Crippen LogP contribution is -2.15. The van der Waals surface area contributed by atoms with Gasteiger partial charge in [-0.2, -0.15) is 0 Å². The van der Waals surface area contributed by atoms with Gasteiger partial charge >= 0.3 is 0 Å². The maximum Gasteiger partial charge on any atom is 0.280 e. The Morgan fingerprint density at radius 3 is 2.59 bits per heavy atom. The highest BCUT2D eigenvalue weighted by Crippen LogP contribution is 2.34. The first kappa shape index (κ1) is 22.8. The van der Waals surface area contributed by atoms with Crippen LogP contribution in [0, 0.1) is 6.92 Å². The smallest absolute Gasteiger partial charge is 0.280 e. The molecule has 2 aromatic heterocycles. The van der Waals surface area contributed by atoms with Crippen LogP contribution in [0.5, 0.6) is 11.5 Å². The minimum absolute atomic E-state index is 0.0396. The fourth-order valence-electron chi connectivity index (χ4n) is 3.42. The zero-order valence-corrected chi connectivity index (χ0v) is 19.5. The van der Waals surface area contributed by atoms with E-state index in [0.29, 0.717) is 40.1 Å². The summed E-state index contributed by atoms with van der Waals surface area (Å²) in [6, 6.07) is 13.0. The number of aryl methyl sites for hydroxylation is 2. The predicted molar refractivity (Wildman–Crippen MR) is 127 cm³/mol. The Morgan fingerprint density at radius 2 is 1.91 bits per heavy atom. The van der Waals surface area contributed by atoms with Gasteiger partial charge in [0.2, 0.25) is 5.89 Å². The molecule has 10 nitrogen and oxygen atoms in total. The highest BCUT2D eigenvalue weighted by atomic mass is 16.5. The van der Waals surface area contributed by atoms with E-state index >= 15 is 0 Å². The molecule has 176 valence electrons. The predicted octanol–water partition coefficient (Wildman–Crippen LogP) is 3.70. The minimum atomic E-state index is -0.437. The first-order chi connectivity index (χ1) is 16.4. The van der Waals surface area contributed by atoms with Gasteiger partial charge in [-0.1, -0.05) is 24.3 Å². The Kier molecular flexibility index (Phi) is 6.48. The number of hydrogen-bond donors (Lipinski definition) is 2. The van der Waals surface area contributed by atoms with Gasteiger partial charge in [-0.25, -0.2) is 9.67 Å². The molecule has 4 aromatic rings. The average Bonchev–Trinajstić information content (AvgIpc) is 3.41. The SMILES string of the molecule is CCc1ccc(NC(=O)c2nnn(Cc3nc(-c4ccc(OC)cc4OC)oc3C)c2N)cc1. The Hall–Kier alpha value is -4.34.